The number of benzene rings is 1. The first kappa shape index (κ1) is 9.72. The van der Waals surface area contributed by atoms with Gasteiger partial charge in [0.15, 0.2) is 0 Å². The zero-order valence-electron chi connectivity index (χ0n) is 8.97. The SMILES string of the molecule is CCCCc1cccc2c1CNCC2. The van der Waals surface area contributed by atoms with Gasteiger partial charge in [-0.25, -0.2) is 0 Å². The molecule has 0 saturated carbocycles. The number of hydrogen-bond acceptors (Lipinski definition) is 1. The molecule has 1 heterocycles. The van der Waals surface area contributed by atoms with Gasteiger partial charge in [-0.1, -0.05) is 31.5 Å². The van der Waals surface area contributed by atoms with Gasteiger partial charge in [-0.2, -0.15) is 0 Å². The minimum atomic E-state index is 1.08. The molecule has 1 N–H and O–H groups in total. The van der Waals surface area contributed by atoms with Crippen molar-refractivity contribution in [1.29, 1.82) is 0 Å². The second kappa shape index (κ2) is 4.61. The predicted octanol–water partition coefficient (Wildman–Crippen LogP) is 2.67. The van der Waals surface area contributed by atoms with E-state index < -0.39 is 0 Å². The summed E-state index contributed by atoms with van der Waals surface area (Å²) in [4.78, 5) is 0. The van der Waals surface area contributed by atoms with Gasteiger partial charge in [-0.3, -0.25) is 0 Å². The number of aryl methyl sites for hydroxylation is 1. The lowest BCUT2D eigenvalue weighted by Crippen LogP contribution is -2.24. The standard InChI is InChI=1S/C13H19N/c1-2-3-5-11-6-4-7-12-8-9-14-10-13(11)12/h4,6-7,14H,2-3,5,8-10H2,1H3. The van der Waals surface area contributed by atoms with Crippen LogP contribution in [0.4, 0.5) is 0 Å². The molecule has 0 unspecified atom stereocenters. The maximum absolute atomic E-state index is 3.46. The number of nitrogens with one attached hydrogen (secondary N) is 1. The molecule has 0 aromatic heterocycles. The van der Waals surface area contributed by atoms with Gasteiger partial charge in [0.1, 0.15) is 0 Å². The third kappa shape index (κ3) is 1.98. The van der Waals surface area contributed by atoms with E-state index in [-0.39, 0.29) is 0 Å². The first-order valence-electron chi connectivity index (χ1n) is 5.72. The second-order valence-electron chi connectivity index (χ2n) is 4.09. The summed E-state index contributed by atoms with van der Waals surface area (Å²) < 4.78 is 0. The fraction of sp³-hybridized carbons (Fsp3) is 0.538. The van der Waals surface area contributed by atoms with Gasteiger partial charge in [0, 0.05) is 6.54 Å². The summed E-state index contributed by atoms with van der Waals surface area (Å²) in [5, 5.41) is 3.46. The Bertz CT molecular complexity index is 304. The number of fused-ring (bicyclic) bond motifs is 1. The maximum atomic E-state index is 3.46. The lowest BCUT2D eigenvalue weighted by atomic mass is 9.93. The van der Waals surface area contributed by atoms with Crippen LogP contribution in [0, 0.1) is 0 Å². The predicted molar refractivity (Wildman–Crippen MR) is 60.5 cm³/mol. The molecule has 2 rings (SSSR count). The quantitative estimate of drug-likeness (QED) is 0.771. The van der Waals surface area contributed by atoms with Crippen molar-refractivity contribution in [3.63, 3.8) is 0 Å². The van der Waals surface area contributed by atoms with Gasteiger partial charge in [0.2, 0.25) is 0 Å². The van der Waals surface area contributed by atoms with Crippen LogP contribution in [0.5, 0.6) is 0 Å². The molecule has 1 aromatic carbocycles. The highest BCUT2D eigenvalue weighted by atomic mass is 14.9. The van der Waals surface area contributed by atoms with Crippen molar-refractivity contribution in [3.05, 3.63) is 34.9 Å². The smallest absolute Gasteiger partial charge is 0.0211 e. The minimum Gasteiger partial charge on any atom is -0.312 e. The zero-order chi connectivity index (χ0) is 9.80. The summed E-state index contributed by atoms with van der Waals surface area (Å²) in [5.74, 6) is 0. The van der Waals surface area contributed by atoms with Gasteiger partial charge < -0.3 is 5.32 Å². The summed E-state index contributed by atoms with van der Waals surface area (Å²) in [6.45, 7) is 4.48. The Labute approximate surface area is 86.5 Å². The van der Waals surface area contributed by atoms with E-state index in [2.05, 4.69) is 30.4 Å². The molecule has 0 spiro atoms. The van der Waals surface area contributed by atoms with Crippen molar-refractivity contribution in [1.82, 2.24) is 5.32 Å². The molecular weight excluding hydrogens is 170 g/mol. The summed E-state index contributed by atoms with van der Waals surface area (Å²) >= 11 is 0. The van der Waals surface area contributed by atoms with Crippen LogP contribution in [0.15, 0.2) is 18.2 Å². The summed E-state index contributed by atoms with van der Waals surface area (Å²) in [5.41, 5.74) is 4.71. The van der Waals surface area contributed by atoms with Crippen molar-refractivity contribution in [2.24, 2.45) is 0 Å². The molecular formula is C13H19N. The van der Waals surface area contributed by atoms with Crippen LogP contribution in [-0.2, 0) is 19.4 Å². The fourth-order valence-corrected chi connectivity index (χ4v) is 2.19. The molecule has 0 atom stereocenters. The normalized spacial score (nSPS) is 15.2. The number of rotatable bonds is 3. The number of hydrogen-bond donors (Lipinski definition) is 1. The van der Waals surface area contributed by atoms with Gasteiger partial charge >= 0.3 is 0 Å². The van der Waals surface area contributed by atoms with Crippen molar-refractivity contribution in [2.45, 2.75) is 39.2 Å². The van der Waals surface area contributed by atoms with E-state index in [0.29, 0.717) is 0 Å². The fourth-order valence-electron chi connectivity index (χ4n) is 2.19. The molecule has 1 nitrogen and oxygen atoms in total. The van der Waals surface area contributed by atoms with Crippen LogP contribution in [0.3, 0.4) is 0 Å². The Morgan fingerprint density at radius 2 is 2.29 bits per heavy atom. The molecule has 0 aliphatic carbocycles. The summed E-state index contributed by atoms with van der Waals surface area (Å²) in [6, 6.07) is 6.79. The topological polar surface area (TPSA) is 12.0 Å². The molecule has 0 amide bonds. The van der Waals surface area contributed by atoms with Crippen molar-refractivity contribution < 1.29 is 0 Å². The molecule has 1 heteroatoms. The van der Waals surface area contributed by atoms with Crippen LogP contribution in [-0.4, -0.2) is 6.54 Å². The van der Waals surface area contributed by atoms with Crippen molar-refractivity contribution in [2.75, 3.05) is 6.54 Å². The first-order chi connectivity index (χ1) is 6.92. The average molecular weight is 189 g/mol. The second-order valence-corrected chi connectivity index (χ2v) is 4.09. The molecule has 0 radical (unpaired) electrons. The Morgan fingerprint density at radius 3 is 3.14 bits per heavy atom. The van der Waals surface area contributed by atoms with Crippen LogP contribution in [0.2, 0.25) is 0 Å². The third-order valence-corrected chi connectivity index (χ3v) is 3.04. The zero-order valence-corrected chi connectivity index (χ0v) is 8.97. The van der Waals surface area contributed by atoms with Crippen LogP contribution < -0.4 is 5.32 Å². The monoisotopic (exact) mass is 189 g/mol. The molecule has 1 aromatic rings. The maximum Gasteiger partial charge on any atom is 0.0211 e. The Morgan fingerprint density at radius 1 is 1.36 bits per heavy atom. The summed E-state index contributed by atoms with van der Waals surface area (Å²) in [6.07, 6.45) is 5.06. The highest BCUT2D eigenvalue weighted by Gasteiger charge is 2.11. The van der Waals surface area contributed by atoms with Crippen LogP contribution in [0.1, 0.15) is 36.5 Å². The van der Waals surface area contributed by atoms with Gasteiger partial charge in [-0.05, 0) is 42.5 Å². The molecule has 14 heavy (non-hydrogen) atoms. The van der Waals surface area contributed by atoms with E-state index >= 15 is 0 Å². The van der Waals surface area contributed by atoms with Gasteiger partial charge in [-0.15, -0.1) is 0 Å². The highest BCUT2D eigenvalue weighted by Crippen LogP contribution is 2.19. The van der Waals surface area contributed by atoms with Gasteiger partial charge in [0.05, 0.1) is 0 Å². The number of unbranched alkanes of at least 4 members (excludes halogenated alkanes) is 1. The molecule has 76 valence electrons. The van der Waals surface area contributed by atoms with E-state index in [1.807, 2.05) is 0 Å². The van der Waals surface area contributed by atoms with Gasteiger partial charge in [0.25, 0.3) is 0 Å². The van der Waals surface area contributed by atoms with E-state index in [4.69, 9.17) is 0 Å². The molecule has 0 bridgehead atoms. The largest absolute Gasteiger partial charge is 0.312 e. The summed E-state index contributed by atoms with van der Waals surface area (Å²) in [7, 11) is 0. The van der Waals surface area contributed by atoms with E-state index in [9.17, 15) is 0 Å². The third-order valence-electron chi connectivity index (χ3n) is 3.04. The molecule has 1 aliphatic rings. The Balaban J connectivity index is 2.21. The first-order valence-corrected chi connectivity index (χ1v) is 5.72. The van der Waals surface area contributed by atoms with Crippen LogP contribution in [0.25, 0.3) is 0 Å². The lowest BCUT2D eigenvalue weighted by molar-refractivity contribution is 0.633. The van der Waals surface area contributed by atoms with Crippen molar-refractivity contribution in [3.8, 4) is 0 Å². The van der Waals surface area contributed by atoms with Crippen LogP contribution >= 0.6 is 0 Å². The van der Waals surface area contributed by atoms with E-state index in [1.165, 1.54) is 25.7 Å². The molecule has 0 fully saturated rings. The molecule has 0 saturated heterocycles. The van der Waals surface area contributed by atoms with E-state index in [1.54, 1.807) is 16.7 Å². The Hall–Kier alpha value is -0.820. The van der Waals surface area contributed by atoms with Crippen molar-refractivity contribution >= 4 is 0 Å². The molecule has 1 aliphatic heterocycles. The lowest BCUT2D eigenvalue weighted by Gasteiger charge is -2.20. The van der Waals surface area contributed by atoms with E-state index in [0.717, 1.165) is 13.1 Å². The highest BCUT2D eigenvalue weighted by molar-refractivity contribution is 5.36. The average Bonchev–Trinajstić information content (AvgIpc) is 2.26. The Kier molecular flexibility index (Phi) is 3.20. The minimum absolute atomic E-state index is 1.08.